The molecule has 0 aliphatic carbocycles. The van der Waals surface area contributed by atoms with Gasteiger partial charge in [-0.2, -0.15) is 0 Å². The first-order valence-electron chi connectivity index (χ1n) is 31.1. The summed E-state index contributed by atoms with van der Waals surface area (Å²) in [5.74, 6) is 1.44. The molecule has 0 saturated carbocycles. The minimum absolute atomic E-state index is 0.717. The molecule has 0 fully saturated rings. The van der Waals surface area contributed by atoms with Crippen molar-refractivity contribution < 1.29 is 0 Å². The van der Waals surface area contributed by atoms with Crippen LogP contribution in [0.25, 0.3) is 166 Å². The summed E-state index contributed by atoms with van der Waals surface area (Å²) < 4.78 is 9.27. The van der Waals surface area contributed by atoms with Crippen LogP contribution in [-0.4, -0.2) is 38.2 Å². The Morgan fingerprint density at radius 2 is 0.598 bits per heavy atom. The highest BCUT2D eigenvalue weighted by molar-refractivity contribution is 6.22. The molecule has 19 aromatic rings. The van der Waals surface area contributed by atoms with E-state index in [1.165, 1.54) is 76.2 Å². The van der Waals surface area contributed by atoms with E-state index in [9.17, 15) is 0 Å². The zero-order valence-electron chi connectivity index (χ0n) is 49.8. The minimum Gasteiger partial charge on any atom is -0.317 e. The van der Waals surface area contributed by atoms with Gasteiger partial charge in [0.2, 0.25) is 0 Å². The molecule has 6 heterocycles. The Hall–Kier alpha value is -12.5. The molecule has 0 aliphatic rings. The molecule has 0 saturated heterocycles. The van der Waals surface area contributed by atoms with Gasteiger partial charge in [0.1, 0.15) is 0 Å². The van der Waals surface area contributed by atoms with Crippen molar-refractivity contribution in [3.05, 3.63) is 328 Å². The predicted octanol–water partition coefficient (Wildman–Crippen LogP) is 21.2. The highest BCUT2D eigenvalue weighted by atomic mass is 15.0. The van der Waals surface area contributed by atoms with Crippen LogP contribution in [0, 0.1) is 0 Å². The van der Waals surface area contributed by atoms with Crippen LogP contribution in [0.3, 0.4) is 0 Å². The third-order valence-electron chi connectivity index (χ3n) is 18.1. The van der Waals surface area contributed by atoms with Gasteiger partial charge in [0.25, 0.3) is 0 Å². The molecule has 0 atom stereocenters. The van der Waals surface area contributed by atoms with E-state index in [2.05, 4.69) is 322 Å². The van der Waals surface area contributed by atoms with E-state index in [-0.39, 0.29) is 0 Å². The number of fused-ring (bicyclic) bond motifs is 13. The Bertz CT molecular complexity index is 6040. The first-order chi connectivity index (χ1) is 45.6. The fourth-order valence-electron chi connectivity index (χ4n) is 13.9. The van der Waals surface area contributed by atoms with Crippen molar-refractivity contribution in [3.63, 3.8) is 0 Å². The summed E-state index contributed by atoms with van der Waals surface area (Å²) in [5, 5.41) is 12.0. The summed E-state index contributed by atoms with van der Waals surface area (Å²) in [6, 6.07) is 111. The van der Waals surface area contributed by atoms with Crippen LogP contribution in [0.4, 0.5) is 0 Å². The van der Waals surface area contributed by atoms with Crippen LogP contribution in [-0.2, 0) is 0 Å². The van der Waals surface area contributed by atoms with Gasteiger partial charge in [-0.3, -0.25) is 0 Å². The van der Waals surface area contributed by atoms with Crippen molar-refractivity contribution in [1.82, 2.24) is 38.2 Å². The van der Waals surface area contributed by atoms with E-state index in [4.69, 9.17) is 19.9 Å². The monoisotopic (exact) mass is 1170 g/mol. The molecule has 0 spiro atoms. The minimum atomic E-state index is 0.717. The quantitative estimate of drug-likeness (QED) is 0.152. The number of hydrogen-bond acceptors (Lipinski definition) is 4. The molecular weight excluding hydrogens is 1120 g/mol. The first-order valence-corrected chi connectivity index (χ1v) is 31.1. The van der Waals surface area contributed by atoms with Gasteiger partial charge in [-0.1, -0.05) is 176 Å². The van der Waals surface area contributed by atoms with Crippen molar-refractivity contribution in [1.29, 1.82) is 0 Å². The third kappa shape index (κ3) is 8.76. The van der Waals surface area contributed by atoms with Crippen LogP contribution < -0.4 is 0 Å². The van der Waals surface area contributed by atoms with Crippen LogP contribution in [0.5, 0.6) is 0 Å². The summed E-state index contributed by atoms with van der Waals surface area (Å²) in [6.07, 6.45) is 4.35. The van der Waals surface area contributed by atoms with E-state index in [1.807, 2.05) is 24.3 Å². The van der Waals surface area contributed by atoms with Crippen molar-refractivity contribution in [2.75, 3.05) is 0 Å². The van der Waals surface area contributed by atoms with E-state index < -0.39 is 0 Å². The number of benzene rings is 13. The maximum atomic E-state index is 5.18. The van der Waals surface area contributed by atoms with Gasteiger partial charge in [0.15, 0.2) is 11.6 Å². The van der Waals surface area contributed by atoms with Gasteiger partial charge in [-0.25, -0.2) is 19.9 Å². The van der Waals surface area contributed by atoms with Crippen molar-refractivity contribution in [3.8, 4) is 68.0 Å². The summed E-state index contributed by atoms with van der Waals surface area (Å²) in [7, 11) is 0. The van der Waals surface area contributed by atoms with E-state index in [1.54, 1.807) is 0 Å². The Labute approximate surface area is 529 Å². The van der Waals surface area contributed by atoms with E-state index >= 15 is 0 Å². The molecule has 0 bridgehead atoms. The maximum Gasteiger partial charge on any atom is 0.160 e. The van der Waals surface area contributed by atoms with Crippen molar-refractivity contribution >= 4 is 98.0 Å². The molecule has 0 amide bonds. The molecule has 0 unspecified atom stereocenters. The molecule has 0 radical (unpaired) electrons. The van der Waals surface area contributed by atoms with Gasteiger partial charge < -0.3 is 18.3 Å². The van der Waals surface area contributed by atoms with Gasteiger partial charge in [-0.15, -0.1) is 0 Å². The molecule has 0 N–H and O–H groups in total. The molecular formula is C84H54N8. The van der Waals surface area contributed by atoms with Crippen molar-refractivity contribution in [2.24, 2.45) is 0 Å². The second kappa shape index (κ2) is 21.7. The lowest BCUT2D eigenvalue weighted by Crippen LogP contribution is -1.97. The van der Waals surface area contributed by atoms with Gasteiger partial charge in [0.05, 0.1) is 55.5 Å². The van der Waals surface area contributed by atoms with E-state index in [0.717, 1.165) is 89.8 Å². The SMILES string of the molecule is c1ccc(-c2nc(-c3ccc(-n4c5ccccc5c5c6ccn(-c7ccccc7)c6ccc54)cc3)nc3ccccc23)cc1.c1ccc(-n2ccc3c4c5ccccc5n(-c5ccc(-c6nc(-c7ccc8ccccc8c7)c7ccccc7n6)cc5)c4ccc32)cc1. The second-order valence-electron chi connectivity index (χ2n) is 23.4. The number of nitrogens with zero attached hydrogens (tertiary/aromatic N) is 8. The Kier molecular flexibility index (Phi) is 12.4. The van der Waals surface area contributed by atoms with Crippen LogP contribution in [0.2, 0.25) is 0 Å². The fraction of sp³-hybridized carbons (Fsp3) is 0. The number of hydrogen-bond donors (Lipinski definition) is 0. The molecule has 13 aromatic carbocycles. The topological polar surface area (TPSA) is 71.3 Å². The zero-order valence-corrected chi connectivity index (χ0v) is 49.8. The lowest BCUT2D eigenvalue weighted by atomic mass is 10.0. The summed E-state index contributed by atoms with van der Waals surface area (Å²) in [4.78, 5) is 20.2. The average Bonchev–Trinajstić information content (AvgIpc) is 1.66. The van der Waals surface area contributed by atoms with Crippen LogP contribution in [0.15, 0.2) is 328 Å². The Morgan fingerprint density at radius 3 is 1.10 bits per heavy atom. The molecule has 6 aromatic heterocycles. The number of aromatic nitrogens is 8. The van der Waals surface area contributed by atoms with E-state index in [0.29, 0.717) is 0 Å². The molecule has 8 nitrogen and oxygen atoms in total. The molecule has 92 heavy (non-hydrogen) atoms. The third-order valence-corrected chi connectivity index (χ3v) is 18.1. The van der Waals surface area contributed by atoms with Gasteiger partial charge in [-0.05, 0) is 150 Å². The molecule has 19 rings (SSSR count). The van der Waals surface area contributed by atoms with Gasteiger partial charge >= 0.3 is 0 Å². The number of rotatable bonds is 8. The lowest BCUT2D eigenvalue weighted by molar-refractivity contribution is 1.13. The van der Waals surface area contributed by atoms with Crippen molar-refractivity contribution in [2.45, 2.75) is 0 Å². The Balaban J connectivity index is 0.000000136. The summed E-state index contributed by atoms with van der Waals surface area (Å²) in [5.41, 5.74) is 19.6. The molecule has 430 valence electrons. The Morgan fingerprint density at radius 1 is 0.217 bits per heavy atom. The van der Waals surface area contributed by atoms with Crippen LogP contribution >= 0.6 is 0 Å². The first kappa shape index (κ1) is 52.6. The standard InChI is InChI=1S/C44H28N4.C40H26N4/c1-2-12-33(13-3-1)47-27-26-37-39(47)24-25-41-42(37)36-15-7-9-17-40(36)48(41)34-22-20-30(21-23-34)44-45-38-16-8-6-14-35(38)43(46-44)32-19-18-29-10-4-5-11-31(29)28-32;1-3-11-27(12-4-1)39-31-15-7-9-17-34(31)41-40(42-39)28-19-21-30(22-20-28)44-36-18-10-8-16-32(36)38-33-25-26-43(29-13-5-2-6-14-29)35(33)23-24-37(38)44/h1-28H;1-26H. The summed E-state index contributed by atoms with van der Waals surface area (Å²) >= 11 is 0. The smallest absolute Gasteiger partial charge is 0.160 e. The highest BCUT2D eigenvalue weighted by Gasteiger charge is 2.21. The maximum absolute atomic E-state index is 5.18. The largest absolute Gasteiger partial charge is 0.317 e. The molecule has 0 aliphatic heterocycles. The van der Waals surface area contributed by atoms with Crippen LogP contribution in [0.1, 0.15) is 0 Å². The number of para-hydroxylation sites is 6. The fourth-order valence-corrected chi connectivity index (χ4v) is 13.9. The lowest BCUT2D eigenvalue weighted by Gasteiger charge is -2.12. The molecule has 8 heteroatoms. The highest BCUT2D eigenvalue weighted by Crippen LogP contribution is 2.41. The predicted molar refractivity (Wildman–Crippen MR) is 381 cm³/mol. The zero-order chi connectivity index (χ0) is 60.6. The average molecular weight is 1180 g/mol. The summed E-state index contributed by atoms with van der Waals surface area (Å²) in [6.45, 7) is 0. The normalized spacial score (nSPS) is 11.7. The second-order valence-corrected chi connectivity index (χ2v) is 23.4. The van der Waals surface area contributed by atoms with Gasteiger partial charge in [0, 0.05) is 100 Å².